The number of hydrogen-bond donors (Lipinski definition) is 0. The predicted octanol–water partition coefficient (Wildman–Crippen LogP) is 5.87. The first-order valence-corrected chi connectivity index (χ1v) is 12.7. The van der Waals surface area contributed by atoms with E-state index in [0.717, 1.165) is 24.3 Å². The van der Waals surface area contributed by atoms with Crippen LogP contribution in [0.1, 0.15) is 16.7 Å². The Morgan fingerprint density at radius 1 is 0.628 bits per heavy atom. The maximum atomic E-state index is 14.4. The minimum Gasteiger partial charge on any atom is -0.459 e. The van der Waals surface area contributed by atoms with Crippen LogP contribution >= 0.6 is 0 Å². The van der Waals surface area contributed by atoms with Crippen molar-refractivity contribution < 1.29 is 59.6 Å². The first kappa shape index (κ1) is 33.6. The molecule has 3 aromatic rings. The number of halogens is 6. The van der Waals surface area contributed by atoms with Crippen LogP contribution < -0.4 is 0 Å². The van der Waals surface area contributed by atoms with Crippen molar-refractivity contribution in [2.75, 3.05) is 27.4 Å². The van der Waals surface area contributed by atoms with E-state index in [1.165, 1.54) is 36.4 Å². The third-order valence-corrected chi connectivity index (χ3v) is 6.44. The second-order valence-corrected chi connectivity index (χ2v) is 9.12. The van der Waals surface area contributed by atoms with Crippen LogP contribution in [0.15, 0.2) is 91.0 Å². The number of methoxy groups -OCH3 is 2. The molecule has 0 N–H and O–H groups in total. The molecule has 0 heterocycles. The van der Waals surface area contributed by atoms with Gasteiger partial charge in [-0.15, -0.1) is 0 Å². The van der Waals surface area contributed by atoms with E-state index in [4.69, 9.17) is 18.9 Å². The summed E-state index contributed by atoms with van der Waals surface area (Å²) in [7, 11) is 1.30. The number of alkyl halides is 6. The van der Waals surface area contributed by atoms with E-state index in [0.29, 0.717) is 19.8 Å². The quantitative estimate of drug-likeness (QED) is 0.176. The molecule has 232 valence electrons. The number of carbonyl (C=O) groups excluding carboxylic acids is 2. The van der Waals surface area contributed by atoms with E-state index >= 15 is 0 Å². The van der Waals surface area contributed by atoms with E-state index in [1.54, 1.807) is 30.3 Å². The van der Waals surface area contributed by atoms with Gasteiger partial charge < -0.3 is 23.7 Å². The van der Waals surface area contributed by atoms with Crippen LogP contribution in [-0.2, 0) is 51.1 Å². The summed E-state index contributed by atoms with van der Waals surface area (Å²) < 4.78 is 111. The lowest BCUT2D eigenvalue weighted by atomic mass is 9.92. The SMILES string of the molecule is CO[C@](C(=O)OC[C@H](COCc1ccccc1)OC(=O)[C@@](OC)(c1ccccc1)C(F)(F)F)(c1ccccc1)C(F)(F)F. The Hall–Kier alpha value is -3.94. The highest BCUT2D eigenvalue weighted by Gasteiger charge is 2.65. The summed E-state index contributed by atoms with van der Waals surface area (Å²) >= 11 is 0. The van der Waals surface area contributed by atoms with Crippen LogP contribution in [0.5, 0.6) is 0 Å². The van der Waals surface area contributed by atoms with Crippen molar-refractivity contribution in [3.05, 3.63) is 108 Å². The molecule has 0 unspecified atom stereocenters. The second-order valence-electron chi connectivity index (χ2n) is 9.12. The van der Waals surface area contributed by atoms with Crippen molar-refractivity contribution in [2.45, 2.75) is 36.3 Å². The highest BCUT2D eigenvalue weighted by Crippen LogP contribution is 2.44. The Kier molecular flexibility index (Phi) is 10.9. The smallest absolute Gasteiger partial charge is 0.432 e. The Morgan fingerprint density at radius 3 is 1.47 bits per heavy atom. The summed E-state index contributed by atoms with van der Waals surface area (Å²) in [6, 6.07) is 20.3. The van der Waals surface area contributed by atoms with Gasteiger partial charge in [0.05, 0.1) is 13.2 Å². The summed E-state index contributed by atoms with van der Waals surface area (Å²) in [5, 5.41) is 0. The summed E-state index contributed by atoms with van der Waals surface area (Å²) in [5.41, 5.74) is -7.78. The van der Waals surface area contributed by atoms with E-state index < -0.39 is 65.9 Å². The largest absolute Gasteiger partial charge is 0.459 e. The highest BCUT2D eigenvalue weighted by molar-refractivity contribution is 5.84. The van der Waals surface area contributed by atoms with E-state index in [1.807, 2.05) is 0 Å². The maximum Gasteiger partial charge on any atom is 0.432 e. The molecule has 0 aliphatic heterocycles. The molecule has 0 saturated carbocycles. The van der Waals surface area contributed by atoms with E-state index in [2.05, 4.69) is 4.74 Å². The lowest BCUT2D eigenvalue weighted by molar-refractivity contribution is -0.283. The molecule has 0 bridgehead atoms. The first-order valence-electron chi connectivity index (χ1n) is 12.7. The third kappa shape index (κ3) is 7.17. The molecule has 0 fully saturated rings. The fourth-order valence-corrected chi connectivity index (χ4v) is 4.28. The van der Waals surface area contributed by atoms with Crippen LogP contribution in [-0.4, -0.2) is 57.8 Å². The van der Waals surface area contributed by atoms with Gasteiger partial charge in [0, 0.05) is 25.3 Å². The molecule has 3 aromatic carbocycles. The summed E-state index contributed by atoms with van der Waals surface area (Å²) in [5.74, 6) is -3.88. The van der Waals surface area contributed by atoms with Gasteiger partial charge in [-0.2, -0.15) is 26.3 Å². The molecule has 3 rings (SSSR count). The van der Waals surface area contributed by atoms with Crippen molar-refractivity contribution >= 4 is 11.9 Å². The van der Waals surface area contributed by atoms with Gasteiger partial charge in [-0.3, -0.25) is 0 Å². The minimum atomic E-state index is -5.33. The average Bonchev–Trinajstić information content (AvgIpc) is 2.97. The van der Waals surface area contributed by atoms with Gasteiger partial charge in [-0.05, 0) is 5.56 Å². The molecular weight excluding hydrogens is 586 g/mol. The zero-order valence-corrected chi connectivity index (χ0v) is 23.0. The highest BCUT2D eigenvalue weighted by atomic mass is 19.4. The molecule has 0 aromatic heterocycles. The topological polar surface area (TPSA) is 80.3 Å². The van der Waals surface area contributed by atoms with Gasteiger partial charge in [0.2, 0.25) is 0 Å². The fraction of sp³-hybridized carbons (Fsp3) is 0.333. The number of ether oxygens (including phenoxy) is 5. The molecule has 0 amide bonds. The molecule has 43 heavy (non-hydrogen) atoms. The van der Waals surface area contributed by atoms with Gasteiger partial charge in [-0.25, -0.2) is 9.59 Å². The van der Waals surface area contributed by atoms with Gasteiger partial charge >= 0.3 is 24.3 Å². The molecule has 7 nitrogen and oxygen atoms in total. The Balaban J connectivity index is 1.92. The van der Waals surface area contributed by atoms with Gasteiger partial charge in [-0.1, -0.05) is 91.0 Å². The van der Waals surface area contributed by atoms with Gasteiger partial charge in [0.15, 0.2) is 6.10 Å². The molecule has 0 aliphatic rings. The molecule has 0 spiro atoms. The van der Waals surface area contributed by atoms with Crippen molar-refractivity contribution in [3.8, 4) is 0 Å². The number of hydrogen-bond acceptors (Lipinski definition) is 7. The van der Waals surface area contributed by atoms with Crippen LogP contribution in [0.25, 0.3) is 0 Å². The molecule has 13 heteroatoms. The summed E-state index contributed by atoms with van der Waals surface area (Å²) in [6.07, 6.45) is -12.4. The zero-order chi connectivity index (χ0) is 31.7. The molecule has 3 atom stereocenters. The third-order valence-electron chi connectivity index (χ3n) is 6.44. The fourth-order valence-electron chi connectivity index (χ4n) is 4.28. The van der Waals surface area contributed by atoms with Crippen LogP contribution in [0.3, 0.4) is 0 Å². The van der Waals surface area contributed by atoms with Crippen LogP contribution in [0.2, 0.25) is 0 Å². The number of esters is 2. The van der Waals surface area contributed by atoms with Crippen molar-refractivity contribution in [1.29, 1.82) is 0 Å². The molecule has 0 radical (unpaired) electrons. The lowest BCUT2D eigenvalue weighted by Crippen LogP contribution is -2.54. The summed E-state index contributed by atoms with van der Waals surface area (Å²) in [6.45, 7) is -1.87. The van der Waals surface area contributed by atoms with E-state index in [9.17, 15) is 35.9 Å². The van der Waals surface area contributed by atoms with Gasteiger partial charge in [0.1, 0.15) is 6.61 Å². The lowest BCUT2D eigenvalue weighted by Gasteiger charge is -2.34. The van der Waals surface area contributed by atoms with E-state index in [-0.39, 0.29) is 6.61 Å². The maximum absolute atomic E-state index is 14.4. The molecular formula is C30H28F6O7. The number of carbonyl (C=O) groups is 2. The van der Waals surface area contributed by atoms with Crippen molar-refractivity contribution in [1.82, 2.24) is 0 Å². The van der Waals surface area contributed by atoms with Crippen LogP contribution in [0.4, 0.5) is 26.3 Å². The first-order chi connectivity index (χ1) is 20.3. The number of benzene rings is 3. The monoisotopic (exact) mass is 614 g/mol. The normalized spacial score (nSPS) is 15.5. The number of rotatable bonds is 13. The second kappa shape index (κ2) is 14.0. The Labute approximate surface area is 243 Å². The van der Waals surface area contributed by atoms with Crippen molar-refractivity contribution in [3.63, 3.8) is 0 Å². The standard InChI is InChI=1S/C30H28F6O7/c1-39-27(29(31,32)33,22-14-8-4-9-15-22)25(37)42-20-24(19-41-18-21-12-6-3-7-13-21)43-26(38)28(40-2,30(34,35)36)23-16-10-5-11-17-23/h3-17,24H,18-20H2,1-2H3/t24-,27-,28-/m0/s1. The van der Waals surface area contributed by atoms with Crippen LogP contribution in [0, 0.1) is 0 Å². The molecule has 0 aliphatic carbocycles. The predicted molar refractivity (Wildman–Crippen MR) is 139 cm³/mol. The zero-order valence-electron chi connectivity index (χ0n) is 23.0. The Morgan fingerprint density at radius 2 is 1.05 bits per heavy atom. The Bertz CT molecular complexity index is 1320. The summed E-state index contributed by atoms with van der Waals surface area (Å²) in [4.78, 5) is 26.2. The van der Waals surface area contributed by atoms with Crippen molar-refractivity contribution in [2.24, 2.45) is 0 Å². The minimum absolute atomic E-state index is 0.106. The van der Waals surface area contributed by atoms with Gasteiger partial charge in [0.25, 0.3) is 11.2 Å². The average molecular weight is 615 g/mol. The molecule has 0 saturated heterocycles.